The standard InChI is InChI=1S/C24H27NO2/c1-14(2)13-27-24(26)21-18(6)23(19-9-7-15(3)8-10-19)25-22-17(5)11-16(4)12-20(21)22/h7-12,14H,13H2,1-6H3. The van der Waals surface area contributed by atoms with Crippen LogP contribution in [0.1, 0.15) is 46.5 Å². The Bertz CT molecular complexity index is 1000. The monoisotopic (exact) mass is 361 g/mol. The van der Waals surface area contributed by atoms with Crippen LogP contribution in [0.4, 0.5) is 0 Å². The number of ether oxygens (including phenoxy) is 1. The molecule has 140 valence electrons. The summed E-state index contributed by atoms with van der Waals surface area (Å²) in [5.74, 6) is 0.0226. The minimum Gasteiger partial charge on any atom is -0.462 e. The molecular weight excluding hydrogens is 334 g/mol. The van der Waals surface area contributed by atoms with Crippen molar-refractivity contribution in [3.63, 3.8) is 0 Å². The van der Waals surface area contributed by atoms with Gasteiger partial charge in [0.05, 0.1) is 23.4 Å². The van der Waals surface area contributed by atoms with Gasteiger partial charge in [0.15, 0.2) is 0 Å². The van der Waals surface area contributed by atoms with E-state index in [-0.39, 0.29) is 5.97 Å². The van der Waals surface area contributed by atoms with Crippen LogP contribution in [0.5, 0.6) is 0 Å². The Morgan fingerprint density at radius 1 is 1.00 bits per heavy atom. The van der Waals surface area contributed by atoms with Crippen molar-refractivity contribution in [2.75, 3.05) is 6.61 Å². The van der Waals surface area contributed by atoms with Gasteiger partial charge in [-0.2, -0.15) is 0 Å². The number of aromatic nitrogens is 1. The summed E-state index contributed by atoms with van der Waals surface area (Å²) in [5, 5.41) is 0.870. The summed E-state index contributed by atoms with van der Waals surface area (Å²) in [4.78, 5) is 17.9. The molecule has 0 bridgehead atoms. The Labute approximate surface area is 161 Å². The van der Waals surface area contributed by atoms with E-state index in [1.807, 2.05) is 40.7 Å². The summed E-state index contributed by atoms with van der Waals surface area (Å²) < 4.78 is 5.60. The van der Waals surface area contributed by atoms with Crippen molar-refractivity contribution < 1.29 is 9.53 Å². The minimum atomic E-state index is -0.271. The van der Waals surface area contributed by atoms with Crippen molar-refractivity contribution in [3.05, 3.63) is 64.2 Å². The van der Waals surface area contributed by atoms with Crippen LogP contribution in [0.3, 0.4) is 0 Å². The van der Waals surface area contributed by atoms with Crippen LogP contribution in [0.2, 0.25) is 0 Å². The molecule has 3 aromatic rings. The van der Waals surface area contributed by atoms with Crippen molar-refractivity contribution in [1.29, 1.82) is 0 Å². The van der Waals surface area contributed by atoms with Crippen LogP contribution in [0.25, 0.3) is 22.2 Å². The van der Waals surface area contributed by atoms with E-state index in [1.165, 1.54) is 5.56 Å². The zero-order valence-corrected chi connectivity index (χ0v) is 17.0. The maximum absolute atomic E-state index is 13.0. The lowest BCUT2D eigenvalue weighted by atomic mass is 9.95. The van der Waals surface area contributed by atoms with Crippen molar-refractivity contribution in [3.8, 4) is 11.3 Å². The molecule has 0 radical (unpaired) electrons. The third-order valence-electron chi connectivity index (χ3n) is 4.74. The highest BCUT2D eigenvalue weighted by Crippen LogP contribution is 2.32. The van der Waals surface area contributed by atoms with Gasteiger partial charge in [0.1, 0.15) is 0 Å². The minimum absolute atomic E-state index is 0.271. The summed E-state index contributed by atoms with van der Waals surface area (Å²) in [7, 11) is 0. The predicted octanol–water partition coefficient (Wildman–Crippen LogP) is 5.95. The lowest BCUT2D eigenvalue weighted by Crippen LogP contribution is -2.13. The molecule has 27 heavy (non-hydrogen) atoms. The smallest absolute Gasteiger partial charge is 0.339 e. The molecule has 3 rings (SSSR count). The normalized spacial score (nSPS) is 11.2. The molecule has 3 nitrogen and oxygen atoms in total. The first-order valence-electron chi connectivity index (χ1n) is 9.43. The van der Waals surface area contributed by atoms with Crippen molar-refractivity contribution in [1.82, 2.24) is 4.98 Å². The third-order valence-corrected chi connectivity index (χ3v) is 4.74. The molecule has 3 heteroatoms. The lowest BCUT2D eigenvalue weighted by molar-refractivity contribution is 0.0460. The number of hydrogen-bond donors (Lipinski definition) is 0. The summed E-state index contributed by atoms with van der Waals surface area (Å²) in [6.45, 7) is 12.6. The summed E-state index contributed by atoms with van der Waals surface area (Å²) in [6.07, 6.45) is 0. The van der Waals surface area contributed by atoms with Crippen LogP contribution in [-0.2, 0) is 4.74 Å². The quantitative estimate of drug-likeness (QED) is 0.539. The van der Waals surface area contributed by atoms with Gasteiger partial charge in [-0.3, -0.25) is 0 Å². The van der Waals surface area contributed by atoms with Crippen molar-refractivity contribution in [2.24, 2.45) is 5.92 Å². The van der Waals surface area contributed by atoms with E-state index in [0.717, 1.165) is 38.9 Å². The zero-order chi connectivity index (χ0) is 19.7. The number of esters is 1. The van der Waals surface area contributed by atoms with Gasteiger partial charge in [0, 0.05) is 10.9 Å². The number of aryl methyl sites for hydroxylation is 3. The fourth-order valence-electron chi connectivity index (χ4n) is 3.39. The number of fused-ring (bicyclic) bond motifs is 1. The second kappa shape index (κ2) is 7.51. The number of carbonyl (C=O) groups is 1. The average molecular weight is 361 g/mol. The number of benzene rings is 2. The summed E-state index contributed by atoms with van der Waals surface area (Å²) >= 11 is 0. The first-order valence-corrected chi connectivity index (χ1v) is 9.43. The fraction of sp³-hybridized carbons (Fsp3) is 0.333. The van der Waals surface area contributed by atoms with Gasteiger partial charge in [-0.1, -0.05) is 55.3 Å². The number of rotatable bonds is 4. The molecule has 0 atom stereocenters. The number of hydrogen-bond acceptors (Lipinski definition) is 3. The molecule has 0 amide bonds. The van der Waals surface area contributed by atoms with Gasteiger partial charge in [0.25, 0.3) is 0 Å². The first kappa shape index (κ1) is 19.1. The molecule has 1 heterocycles. The Hall–Kier alpha value is -2.68. The summed E-state index contributed by atoms with van der Waals surface area (Å²) in [6, 6.07) is 12.4. The van der Waals surface area contributed by atoms with Gasteiger partial charge >= 0.3 is 5.97 Å². The highest BCUT2D eigenvalue weighted by molar-refractivity contribution is 6.07. The number of carbonyl (C=O) groups excluding carboxylic acids is 1. The van der Waals surface area contributed by atoms with E-state index in [9.17, 15) is 4.79 Å². The lowest BCUT2D eigenvalue weighted by Gasteiger charge is -2.16. The highest BCUT2D eigenvalue weighted by atomic mass is 16.5. The van der Waals surface area contributed by atoms with Crippen LogP contribution >= 0.6 is 0 Å². The van der Waals surface area contributed by atoms with Crippen LogP contribution < -0.4 is 0 Å². The van der Waals surface area contributed by atoms with Gasteiger partial charge in [0.2, 0.25) is 0 Å². The Kier molecular flexibility index (Phi) is 5.31. The topological polar surface area (TPSA) is 39.2 Å². The Morgan fingerprint density at radius 2 is 1.67 bits per heavy atom. The molecule has 2 aromatic carbocycles. The number of pyridine rings is 1. The van der Waals surface area contributed by atoms with Crippen LogP contribution in [0, 0.1) is 33.6 Å². The largest absolute Gasteiger partial charge is 0.462 e. The Balaban J connectivity index is 2.28. The summed E-state index contributed by atoms with van der Waals surface area (Å²) in [5.41, 5.74) is 7.58. The van der Waals surface area contributed by atoms with E-state index in [4.69, 9.17) is 9.72 Å². The van der Waals surface area contributed by atoms with Gasteiger partial charge in [-0.25, -0.2) is 9.78 Å². The predicted molar refractivity (Wildman–Crippen MR) is 111 cm³/mol. The molecule has 0 fully saturated rings. The van der Waals surface area contributed by atoms with Crippen LogP contribution in [0.15, 0.2) is 36.4 Å². The molecule has 1 aromatic heterocycles. The van der Waals surface area contributed by atoms with E-state index in [1.54, 1.807) is 0 Å². The van der Waals surface area contributed by atoms with Crippen molar-refractivity contribution >= 4 is 16.9 Å². The first-order chi connectivity index (χ1) is 12.8. The van der Waals surface area contributed by atoms with E-state index in [2.05, 4.69) is 37.3 Å². The molecule has 0 aliphatic rings. The molecule has 0 N–H and O–H groups in total. The highest BCUT2D eigenvalue weighted by Gasteiger charge is 2.21. The molecule has 0 unspecified atom stereocenters. The third kappa shape index (κ3) is 3.87. The molecule has 0 saturated heterocycles. The average Bonchev–Trinajstić information content (AvgIpc) is 2.60. The second-order valence-corrected chi connectivity index (χ2v) is 7.80. The molecule has 0 spiro atoms. The van der Waals surface area contributed by atoms with Gasteiger partial charge in [-0.15, -0.1) is 0 Å². The molecule has 0 saturated carbocycles. The van der Waals surface area contributed by atoms with Gasteiger partial charge < -0.3 is 4.74 Å². The fourth-order valence-corrected chi connectivity index (χ4v) is 3.39. The van der Waals surface area contributed by atoms with Crippen molar-refractivity contribution in [2.45, 2.75) is 41.5 Å². The SMILES string of the molecule is Cc1ccc(-c2nc3c(C)cc(C)cc3c(C(=O)OCC(C)C)c2C)cc1. The molecule has 0 aliphatic carbocycles. The Morgan fingerprint density at radius 3 is 2.30 bits per heavy atom. The maximum atomic E-state index is 13.0. The zero-order valence-electron chi connectivity index (χ0n) is 17.0. The van der Waals surface area contributed by atoms with Crippen LogP contribution in [-0.4, -0.2) is 17.6 Å². The second-order valence-electron chi connectivity index (χ2n) is 7.80. The van der Waals surface area contributed by atoms with E-state index in [0.29, 0.717) is 18.1 Å². The number of nitrogens with zero attached hydrogens (tertiary/aromatic N) is 1. The molecule has 0 aliphatic heterocycles. The maximum Gasteiger partial charge on any atom is 0.339 e. The molecular formula is C24H27NO2. The van der Waals surface area contributed by atoms with E-state index < -0.39 is 0 Å². The van der Waals surface area contributed by atoms with Gasteiger partial charge in [-0.05, 0) is 50.8 Å². The van der Waals surface area contributed by atoms with E-state index >= 15 is 0 Å².